The van der Waals surface area contributed by atoms with Crippen LogP contribution in [0.3, 0.4) is 0 Å². The summed E-state index contributed by atoms with van der Waals surface area (Å²) in [5.74, 6) is 0.399. The fourth-order valence-corrected chi connectivity index (χ4v) is 2.53. The minimum absolute atomic E-state index is 0.130. The zero-order chi connectivity index (χ0) is 15.7. The van der Waals surface area contributed by atoms with Crippen molar-refractivity contribution in [3.05, 3.63) is 42.4 Å². The van der Waals surface area contributed by atoms with E-state index in [2.05, 4.69) is 33.8 Å². The average molecular weight is 300 g/mol. The van der Waals surface area contributed by atoms with Gasteiger partial charge in [0.05, 0.1) is 24.8 Å². The van der Waals surface area contributed by atoms with Crippen LogP contribution in [0.2, 0.25) is 0 Å². The number of rotatable bonds is 5. The monoisotopic (exact) mass is 300 g/mol. The van der Waals surface area contributed by atoms with Crippen LogP contribution in [-0.4, -0.2) is 29.6 Å². The first-order valence-corrected chi connectivity index (χ1v) is 7.32. The normalized spacial score (nSPS) is 11.5. The maximum Gasteiger partial charge on any atom is 0.257 e. The molecule has 0 fully saturated rings. The Kier molecular flexibility index (Phi) is 3.70. The molecule has 0 radical (unpaired) electrons. The molecule has 0 aliphatic rings. The van der Waals surface area contributed by atoms with E-state index in [1.807, 2.05) is 24.0 Å². The summed E-state index contributed by atoms with van der Waals surface area (Å²) in [5.41, 5.74) is 2.35. The average Bonchev–Trinajstić information content (AvgIpc) is 3.14. The number of nitrogens with zero attached hydrogens (tertiary/aromatic N) is 5. The highest BCUT2D eigenvalue weighted by molar-refractivity contribution is 5.99. The van der Waals surface area contributed by atoms with Gasteiger partial charge in [0.2, 0.25) is 0 Å². The molecule has 0 aliphatic carbocycles. The van der Waals surface area contributed by atoms with Crippen molar-refractivity contribution in [2.45, 2.75) is 26.9 Å². The number of carbonyl (C=O) groups is 1. The summed E-state index contributed by atoms with van der Waals surface area (Å²) in [6.07, 6.45) is 8.88. The lowest BCUT2D eigenvalue weighted by Gasteiger charge is -2.11. The molecule has 0 aromatic carbocycles. The molecule has 3 rings (SSSR count). The van der Waals surface area contributed by atoms with E-state index >= 15 is 0 Å². The van der Waals surface area contributed by atoms with Crippen LogP contribution >= 0.6 is 0 Å². The molecule has 1 N–H and O–H groups in total. The van der Waals surface area contributed by atoms with Gasteiger partial charge in [0.25, 0.3) is 5.91 Å². The fourth-order valence-electron chi connectivity index (χ4n) is 2.53. The SMILES string of the molecule is CC(C)Cn1cncc1CNC(=O)c1cnn2ccn(C)c12. The smallest absolute Gasteiger partial charge is 0.257 e. The van der Waals surface area contributed by atoms with E-state index in [0.717, 1.165) is 17.9 Å². The van der Waals surface area contributed by atoms with Gasteiger partial charge in [0.1, 0.15) is 11.2 Å². The second kappa shape index (κ2) is 5.67. The molecular formula is C15H20N6O. The summed E-state index contributed by atoms with van der Waals surface area (Å²) < 4.78 is 5.64. The number of aromatic nitrogens is 5. The number of aryl methyl sites for hydroxylation is 1. The van der Waals surface area contributed by atoms with Gasteiger partial charge in [0.15, 0.2) is 0 Å². The Morgan fingerprint density at radius 3 is 2.91 bits per heavy atom. The van der Waals surface area contributed by atoms with E-state index < -0.39 is 0 Å². The second-order valence-electron chi connectivity index (χ2n) is 5.85. The zero-order valence-electron chi connectivity index (χ0n) is 13.0. The molecule has 0 saturated carbocycles. The lowest BCUT2D eigenvalue weighted by Crippen LogP contribution is -2.24. The summed E-state index contributed by atoms with van der Waals surface area (Å²) in [6.45, 7) is 5.65. The predicted octanol–water partition coefficient (Wildman–Crippen LogP) is 1.46. The maximum absolute atomic E-state index is 12.4. The highest BCUT2D eigenvalue weighted by atomic mass is 16.1. The molecule has 0 bridgehead atoms. The Morgan fingerprint density at radius 1 is 1.32 bits per heavy atom. The van der Waals surface area contributed by atoms with Gasteiger partial charge in [-0.15, -0.1) is 0 Å². The maximum atomic E-state index is 12.4. The van der Waals surface area contributed by atoms with Gasteiger partial charge in [-0.1, -0.05) is 13.8 Å². The van der Waals surface area contributed by atoms with Crippen LogP contribution in [0.1, 0.15) is 29.9 Å². The summed E-state index contributed by atoms with van der Waals surface area (Å²) in [7, 11) is 1.89. The van der Waals surface area contributed by atoms with Gasteiger partial charge in [-0.3, -0.25) is 4.79 Å². The van der Waals surface area contributed by atoms with Crippen molar-refractivity contribution in [2.75, 3.05) is 0 Å². The molecule has 3 aromatic rings. The summed E-state index contributed by atoms with van der Waals surface area (Å²) in [6, 6.07) is 0. The van der Waals surface area contributed by atoms with Crippen molar-refractivity contribution in [1.82, 2.24) is 29.0 Å². The molecule has 0 atom stereocenters. The Bertz CT molecular complexity index is 794. The number of carbonyl (C=O) groups excluding carboxylic acids is 1. The topological polar surface area (TPSA) is 69.2 Å². The van der Waals surface area contributed by atoms with Gasteiger partial charge >= 0.3 is 0 Å². The van der Waals surface area contributed by atoms with Gasteiger partial charge in [0, 0.05) is 32.2 Å². The van der Waals surface area contributed by atoms with Crippen molar-refractivity contribution < 1.29 is 4.79 Å². The standard InChI is InChI=1S/C15H20N6O/c1-11(2)9-20-10-16-6-12(20)7-17-14(22)13-8-18-21-5-4-19(3)15(13)21/h4-6,8,10-11H,7,9H2,1-3H3,(H,17,22). The minimum atomic E-state index is -0.130. The number of nitrogens with one attached hydrogen (secondary N) is 1. The predicted molar refractivity (Wildman–Crippen MR) is 82.4 cm³/mol. The third-order valence-electron chi connectivity index (χ3n) is 3.57. The van der Waals surface area contributed by atoms with Crippen molar-refractivity contribution in [1.29, 1.82) is 0 Å². The summed E-state index contributed by atoms with van der Waals surface area (Å²) in [5, 5.41) is 7.12. The molecule has 3 aromatic heterocycles. The molecule has 0 aliphatic heterocycles. The lowest BCUT2D eigenvalue weighted by molar-refractivity contribution is 0.0951. The summed E-state index contributed by atoms with van der Waals surface area (Å²) in [4.78, 5) is 16.6. The Morgan fingerprint density at radius 2 is 2.14 bits per heavy atom. The van der Waals surface area contributed by atoms with Crippen molar-refractivity contribution >= 4 is 11.6 Å². The first kappa shape index (κ1) is 14.4. The van der Waals surface area contributed by atoms with E-state index in [0.29, 0.717) is 18.0 Å². The largest absolute Gasteiger partial charge is 0.346 e. The van der Waals surface area contributed by atoms with Crippen LogP contribution in [-0.2, 0) is 20.1 Å². The lowest BCUT2D eigenvalue weighted by atomic mass is 10.2. The Labute approximate surface area is 128 Å². The van der Waals surface area contributed by atoms with Gasteiger partial charge in [-0.25, -0.2) is 9.50 Å². The van der Waals surface area contributed by atoms with E-state index in [4.69, 9.17) is 0 Å². The molecule has 0 spiro atoms. The van der Waals surface area contributed by atoms with Crippen LogP contribution in [0.4, 0.5) is 0 Å². The molecule has 116 valence electrons. The number of imidazole rings is 2. The molecule has 0 unspecified atom stereocenters. The van der Waals surface area contributed by atoms with Gasteiger partial charge < -0.3 is 14.5 Å². The minimum Gasteiger partial charge on any atom is -0.346 e. The highest BCUT2D eigenvalue weighted by Crippen LogP contribution is 2.11. The molecule has 0 saturated heterocycles. The third-order valence-corrected chi connectivity index (χ3v) is 3.57. The fraction of sp³-hybridized carbons (Fsp3) is 0.400. The molecule has 1 amide bonds. The van der Waals surface area contributed by atoms with Crippen LogP contribution in [0.25, 0.3) is 5.65 Å². The number of hydrogen-bond acceptors (Lipinski definition) is 3. The van der Waals surface area contributed by atoms with Crippen LogP contribution in [0.15, 0.2) is 31.1 Å². The molecule has 22 heavy (non-hydrogen) atoms. The first-order chi connectivity index (χ1) is 10.6. The molecule has 7 heteroatoms. The zero-order valence-corrected chi connectivity index (χ0v) is 13.0. The molecule has 3 heterocycles. The van der Waals surface area contributed by atoms with E-state index in [-0.39, 0.29) is 5.91 Å². The summed E-state index contributed by atoms with van der Waals surface area (Å²) >= 11 is 0. The highest BCUT2D eigenvalue weighted by Gasteiger charge is 2.15. The van der Waals surface area contributed by atoms with E-state index in [9.17, 15) is 4.79 Å². The molecular weight excluding hydrogens is 280 g/mol. The van der Waals surface area contributed by atoms with Crippen molar-refractivity contribution in [3.63, 3.8) is 0 Å². The first-order valence-electron chi connectivity index (χ1n) is 7.32. The van der Waals surface area contributed by atoms with Crippen molar-refractivity contribution in [3.8, 4) is 0 Å². The van der Waals surface area contributed by atoms with E-state index in [1.165, 1.54) is 0 Å². The third kappa shape index (κ3) is 2.61. The van der Waals surface area contributed by atoms with Crippen LogP contribution in [0, 0.1) is 5.92 Å². The van der Waals surface area contributed by atoms with Gasteiger partial charge in [-0.05, 0) is 5.92 Å². The van der Waals surface area contributed by atoms with Crippen LogP contribution in [0.5, 0.6) is 0 Å². The quantitative estimate of drug-likeness (QED) is 0.775. The second-order valence-corrected chi connectivity index (χ2v) is 5.85. The number of hydrogen-bond donors (Lipinski definition) is 1. The van der Waals surface area contributed by atoms with E-state index in [1.54, 1.807) is 23.2 Å². The number of fused-ring (bicyclic) bond motifs is 1. The number of amides is 1. The van der Waals surface area contributed by atoms with Gasteiger partial charge in [-0.2, -0.15) is 5.10 Å². The van der Waals surface area contributed by atoms with Crippen molar-refractivity contribution in [2.24, 2.45) is 13.0 Å². The molecule has 7 nitrogen and oxygen atoms in total. The Hall–Kier alpha value is -2.57. The van der Waals surface area contributed by atoms with Crippen LogP contribution < -0.4 is 5.32 Å². The Balaban J connectivity index is 1.73.